The van der Waals surface area contributed by atoms with Crippen LogP contribution >= 0.6 is 15.9 Å². The molecule has 3 N–H and O–H groups in total. The Morgan fingerprint density at radius 1 is 1.21 bits per heavy atom. The summed E-state index contributed by atoms with van der Waals surface area (Å²) in [5, 5.41) is 15.1. The number of carbonyl (C=O) groups is 3. The molecule has 0 unspecified atom stereocenters. The van der Waals surface area contributed by atoms with Crippen LogP contribution in [-0.2, 0) is 16.0 Å². The molecule has 0 spiro atoms. The average molecular weight is 458 g/mol. The van der Waals surface area contributed by atoms with Gasteiger partial charge in [0, 0.05) is 29.0 Å². The van der Waals surface area contributed by atoms with Crippen molar-refractivity contribution in [2.24, 2.45) is 0 Å². The fourth-order valence-electron chi connectivity index (χ4n) is 3.87. The van der Waals surface area contributed by atoms with E-state index < -0.39 is 12.1 Å². The fourth-order valence-corrected chi connectivity index (χ4v) is 4.27. The van der Waals surface area contributed by atoms with Crippen LogP contribution in [0.25, 0.3) is 0 Å². The minimum absolute atomic E-state index is 0.149. The van der Waals surface area contributed by atoms with Crippen LogP contribution < -0.4 is 10.6 Å². The highest BCUT2D eigenvalue weighted by Crippen LogP contribution is 2.25. The van der Waals surface area contributed by atoms with Crippen molar-refractivity contribution in [3.63, 3.8) is 0 Å². The average Bonchev–Trinajstić information content (AvgIpc) is 3.12. The largest absolute Gasteiger partial charge is 0.508 e. The standard InChI is InChI=1S/C21H20BrN3O4/c22-14-3-1-2-13(9-14)19(27)23-15-10-18-20(28)24-17(21(29)25(18)11-15)8-12-4-6-16(26)7-5-12/h1-7,9,15,17-18,26H,8,10-11H2,(H,23,27)(H,24,28)/t15-,17+,18-/m0/s1. The Morgan fingerprint density at radius 2 is 1.97 bits per heavy atom. The van der Waals surface area contributed by atoms with Gasteiger partial charge in [0.1, 0.15) is 17.8 Å². The molecule has 2 aromatic rings. The van der Waals surface area contributed by atoms with Crippen LogP contribution in [0.1, 0.15) is 22.3 Å². The van der Waals surface area contributed by atoms with E-state index in [-0.39, 0.29) is 29.5 Å². The lowest BCUT2D eigenvalue weighted by Gasteiger charge is -2.34. The summed E-state index contributed by atoms with van der Waals surface area (Å²) in [5.74, 6) is -0.435. The predicted molar refractivity (Wildman–Crippen MR) is 109 cm³/mol. The summed E-state index contributed by atoms with van der Waals surface area (Å²) in [6, 6.07) is 12.1. The third-order valence-electron chi connectivity index (χ3n) is 5.30. The van der Waals surface area contributed by atoms with Crippen LogP contribution in [0, 0.1) is 0 Å². The van der Waals surface area contributed by atoms with Crippen molar-refractivity contribution >= 4 is 33.7 Å². The van der Waals surface area contributed by atoms with Crippen molar-refractivity contribution in [1.82, 2.24) is 15.5 Å². The first-order chi connectivity index (χ1) is 13.9. The third kappa shape index (κ3) is 4.12. The van der Waals surface area contributed by atoms with Gasteiger partial charge >= 0.3 is 0 Å². The highest BCUT2D eigenvalue weighted by Gasteiger charge is 2.46. The molecule has 2 heterocycles. The number of halogens is 1. The number of nitrogens with one attached hydrogen (secondary N) is 2. The Hall–Kier alpha value is -2.87. The minimum Gasteiger partial charge on any atom is -0.508 e. The van der Waals surface area contributed by atoms with Crippen LogP contribution in [0.2, 0.25) is 0 Å². The van der Waals surface area contributed by atoms with E-state index in [1.54, 1.807) is 47.4 Å². The molecule has 150 valence electrons. The molecule has 0 aromatic heterocycles. The minimum atomic E-state index is -0.650. The molecule has 2 aliphatic heterocycles. The first kappa shape index (κ1) is 19.4. The van der Waals surface area contributed by atoms with Crippen molar-refractivity contribution in [3.05, 3.63) is 64.1 Å². The number of carbonyl (C=O) groups excluding carboxylic acids is 3. The number of phenols is 1. The number of amides is 3. The monoisotopic (exact) mass is 457 g/mol. The molecule has 3 amide bonds. The van der Waals surface area contributed by atoms with E-state index >= 15 is 0 Å². The van der Waals surface area contributed by atoms with Gasteiger partial charge in [-0.2, -0.15) is 0 Å². The van der Waals surface area contributed by atoms with Gasteiger partial charge in [0.15, 0.2) is 0 Å². The lowest BCUT2D eigenvalue weighted by atomic mass is 10.0. The summed E-state index contributed by atoms with van der Waals surface area (Å²) in [5.41, 5.74) is 1.36. The van der Waals surface area contributed by atoms with Crippen molar-refractivity contribution in [2.75, 3.05) is 6.54 Å². The highest BCUT2D eigenvalue weighted by molar-refractivity contribution is 9.10. The van der Waals surface area contributed by atoms with Gasteiger partial charge in [-0.15, -0.1) is 0 Å². The van der Waals surface area contributed by atoms with Gasteiger partial charge in [0.05, 0.1) is 0 Å². The first-order valence-electron chi connectivity index (χ1n) is 9.36. The maximum atomic E-state index is 12.9. The van der Waals surface area contributed by atoms with Crippen molar-refractivity contribution in [3.8, 4) is 5.75 Å². The summed E-state index contributed by atoms with van der Waals surface area (Å²) in [4.78, 5) is 39.5. The topological polar surface area (TPSA) is 98.7 Å². The molecular weight excluding hydrogens is 438 g/mol. The van der Waals surface area contributed by atoms with Gasteiger partial charge in [0.25, 0.3) is 5.91 Å². The zero-order chi connectivity index (χ0) is 20.5. The number of hydrogen-bond acceptors (Lipinski definition) is 4. The van der Waals surface area contributed by atoms with Gasteiger partial charge in [-0.3, -0.25) is 14.4 Å². The quantitative estimate of drug-likeness (QED) is 0.649. The maximum absolute atomic E-state index is 12.9. The fraction of sp³-hybridized carbons (Fsp3) is 0.286. The molecule has 2 aromatic carbocycles. The first-order valence-corrected chi connectivity index (χ1v) is 10.1. The van der Waals surface area contributed by atoms with Crippen LogP contribution in [0.15, 0.2) is 53.0 Å². The molecule has 8 heteroatoms. The Bertz CT molecular complexity index is 963. The second-order valence-electron chi connectivity index (χ2n) is 7.35. The van der Waals surface area contributed by atoms with Crippen molar-refractivity contribution in [1.29, 1.82) is 0 Å². The number of benzene rings is 2. The number of nitrogens with zero attached hydrogens (tertiary/aromatic N) is 1. The van der Waals surface area contributed by atoms with Gasteiger partial charge in [-0.1, -0.05) is 34.1 Å². The van der Waals surface area contributed by atoms with Crippen LogP contribution in [0.5, 0.6) is 5.75 Å². The van der Waals surface area contributed by atoms with E-state index in [9.17, 15) is 19.5 Å². The van der Waals surface area contributed by atoms with E-state index in [4.69, 9.17) is 0 Å². The van der Waals surface area contributed by atoms with E-state index in [0.717, 1.165) is 10.0 Å². The number of rotatable bonds is 4. The maximum Gasteiger partial charge on any atom is 0.251 e. The Labute approximate surface area is 176 Å². The molecule has 29 heavy (non-hydrogen) atoms. The second kappa shape index (κ2) is 7.87. The molecule has 0 aliphatic carbocycles. The Kier molecular flexibility index (Phi) is 5.27. The Balaban J connectivity index is 1.42. The number of phenolic OH excluding ortho intramolecular Hbond substituents is 1. The van der Waals surface area contributed by atoms with Crippen LogP contribution in [0.3, 0.4) is 0 Å². The number of hydrogen-bond donors (Lipinski definition) is 3. The summed E-state index contributed by atoms with van der Waals surface area (Å²) < 4.78 is 0.806. The summed E-state index contributed by atoms with van der Waals surface area (Å²) >= 11 is 3.35. The molecular formula is C21H20BrN3O4. The second-order valence-corrected chi connectivity index (χ2v) is 8.27. The zero-order valence-corrected chi connectivity index (χ0v) is 17.1. The SMILES string of the molecule is O=C(N[C@H]1C[C@H]2C(=O)N[C@H](Cc3ccc(O)cc3)C(=O)N2C1)c1cccc(Br)c1. The van der Waals surface area contributed by atoms with Crippen LogP contribution in [0.4, 0.5) is 0 Å². The van der Waals surface area contributed by atoms with E-state index in [2.05, 4.69) is 26.6 Å². The number of piperazine rings is 1. The number of aromatic hydroxyl groups is 1. The lowest BCUT2D eigenvalue weighted by molar-refractivity contribution is -0.147. The summed E-state index contributed by atoms with van der Waals surface area (Å²) in [6.45, 7) is 0.308. The third-order valence-corrected chi connectivity index (χ3v) is 5.79. The normalized spacial score (nSPS) is 23.5. The van der Waals surface area contributed by atoms with Gasteiger partial charge in [-0.05, 0) is 42.3 Å². The van der Waals surface area contributed by atoms with Gasteiger partial charge in [-0.25, -0.2) is 0 Å². The van der Waals surface area contributed by atoms with E-state index in [1.807, 2.05) is 6.07 Å². The van der Waals surface area contributed by atoms with Crippen molar-refractivity contribution in [2.45, 2.75) is 31.0 Å². The molecule has 0 bridgehead atoms. The predicted octanol–water partition coefficient (Wildman–Crippen LogP) is 1.60. The summed E-state index contributed by atoms with van der Waals surface area (Å²) in [7, 11) is 0. The number of fused-ring (bicyclic) bond motifs is 1. The molecule has 2 aliphatic rings. The molecule has 4 rings (SSSR count). The molecule has 3 atom stereocenters. The highest BCUT2D eigenvalue weighted by atomic mass is 79.9. The van der Waals surface area contributed by atoms with Crippen molar-refractivity contribution < 1.29 is 19.5 Å². The van der Waals surface area contributed by atoms with E-state index in [1.165, 1.54) is 0 Å². The van der Waals surface area contributed by atoms with Gasteiger partial charge < -0.3 is 20.6 Å². The molecule has 2 fully saturated rings. The molecule has 0 radical (unpaired) electrons. The molecule has 0 saturated carbocycles. The summed E-state index contributed by atoms with van der Waals surface area (Å²) in [6.07, 6.45) is 0.742. The smallest absolute Gasteiger partial charge is 0.251 e. The zero-order valence-electron chi connectivity index (χ0n) is 15.5. The Morgan fingerprint density at radius 3 is 2.69 bits per heavy atom. The molecule has 7 nitrogen and oxygen atoms in total. The molecule has 2 saturated heterocycles. The van der Waals surface area contributed by atoms with E-state index in [0.29, 0.717) is 24.9 Å². The lowest BCUT2D eigenvalue weighted by Crippen LogP contribution is -2.61. The van der Waals surface area contributed by atoms with Gasteiger partial charge in [0.2, 0.25) is 11.8 Å². The van der Waals surface area contributed by atoms with Crippen LogP contribution in [-0.4, -0.2) is 52.4 Å².